The fourth-order valence-corrected chi connectivity index (χ4v) is 4.93. The molecular formula is C20H33IN4O5S. The maximum Gasteiger partial charge on any atom is 0.222 e. The van der Waals surface area contributed by atoms with Crippen LogP contribution in [0.2, 0.25) is 0 Å². The molecule has 0 radical (unpaired) electrons. The van der Waals surface area contributed by atoms with Gasteiger partial charge in [0.25, 0.3) is 0 Å². The summed E-state index contributed by atoms with van der Waals surface area (Å²) in [6.07, 6.45) is 0.678. The molecule has 1 aliphatic heterocycles. The third kappa shape index (κ3) is 8.71. The molecule has 0 aromatic heterocycles. The van der Waals surface area contributed by atoms with Crippen molar-refractivity contribution in [2.24, 2.45) is 4.99 Å². The van der Waals surface area contributed by atoms with Gasteiger partial charge in [-0.05, 0) is 25.5 Å². The molecule has 9 nitrogen and oxygen atoms in total. The van der Waals surface area contributed by atoms with E-state index in [0.717, 1.165) is 17.1 Å². The molecule has 0 aliphatic carbocycles. The third-order valence-electron chi connectivity index (χ3n) is 4.80. The third-order valence-corrected chi connectivity index (χ3v) is 6.56. The van der Waals surface area contributed by atoms with Crippen molar-refractivity contribution in [2.75, 3.05) is 45.9 Å². The Morgan fingerprint density at radius 2 is 2.03 bits per heavy atom. The minimum absolute atomic E-state index is 0. The van der Waals surface area contributed by atoms with Gasteiger partial charge in [0.05, 0.1) is 32.3 Å². The van der Waals surface area contributed by atoms with E-state index in [1.165, 1.54) is 0 Å². The highest BCUT2D eigenvalue weighted by atomic mass is 127. The lowest BCUT2D eigenvalue weighted by molar-refractivity contribution is -0.121. The Morgan fingerprint density at radius 3 is 2.61 bits per heavy atom. The molecule has 1 aromatic carbocycles. The molecule has 176 valence electrons. The van der Waals surface area contributed by atoms with E-state index in [0.29, 0.717) is 32.0 Å². The fraction of sp³-hybridized carbons (Fsp3) is 0.600. The lowest BCUT2D eigenvalue weighted by Crippen LogP contribution is -2.39. The van der Waals surface area contributed by atoms with E-state index in [9.17, 15) is 13.2 Å². The molecule has 0 spiro atoms. The minimum Gasteiger partial charge on any atom is -0.497 e. The first-order valence-electron chi connectivity index (χ1n) is 9.98. The predicted octanol–water partition coefficient (Wildman–Crippen LogP) is 1.41. The van der Waals surface area contributed by atoms with Gasteiger partial charge in [0, 0.05) is 44.2 Å². The van der Waals surface area contributed by atoms with Gasteiger partial charge in [-0.1, -0.05) is 0 Å². The average molecular weight is 568 g/mol. The molecule has 1 atom stereocenters. The molecule has 0 saturated carbocycles. The summed E-state index contributed by atoms with van der Waals surface area (Å²) in [5.74, 6) is 2.10. The van der Waals surface area contributed by atoms with E-state index >= 15 is 0 Å². The van der Waals surface area contributed by atoms with Crippen LogP contribution in [0.3, 0.4) is 0 Å². The number of amides is 1. The summed E-state index contributed by atoms with van der Waals surface area (Å²) in [4.78, 5) is 18.6. The van der Waals surface area contributed by atoms with Crippen molar-refractivity contribution < 1.29 is 22.7 Å². The molecule has 1 amide bonds. The van der Waals surface area contributed by atoms with Crippen molar-refractivity contribution in [3.05, 3.63) is 23.8 Å². The van der Waals surface area contributed by atoms with Crippen molar-refractivity contribution in [1.82, 2.24) is 15.5 Å². The predicted molar refractivity (Wildman–Crippen MR) is 132 cm³/mol. The van der Waals surface area contributed by atoms with Gasteiger partial charge in [0.2, 0.25) is 5.91 Å². The second kappa shape index (κ2) is 12.9. The largest absolute Gasteiger partial charge is 0.497 e. The summed E-state index contributed by atoms with van der Waals surface area (Å²) < 4.78 is 33.7. The van der Waals surface area contributed by atoms with Crippen LogP contribution in [0.5, 0.6) is 11.5 Å². The van der Waals surface area contributed by atoms with Gasteiger partial charge in [-0.2, -0.15) is 0 Å². The van der Waals surface area contributed by atoms with Crippen molar-refractivity contribution >= 4 is 45.7 Å². The molecule has 2 N–H and O–H groups in total. The first kappa shape index (κ1) is 27.3. The molecule has 1 fully saturated rings. The Kier molecular flexibility index (Phi) is 11.4. The molecule has 1 heterocycles. The Hall–Kier alpha value is -1.76. The van der Waals surface area contributed by atoms with Gasteiger partial charge >= 0.3 is 0 Å². The normalized spacial score (nSPS) is 17.4. The summed E-state index contributed by atoms with van der Waals surface area (Å²) in [5.41, 5.74) is 0.978. The van der Waals surface area contributed by atoms with Crippen LogP contribution < -0.4 is 20.1 Å². The Labute approximate surface area is 201 Å². The van der Waals surface area contributed by atoms with Gasteiger partial charge in [0.1, 0.15) is 11.5 Å². The smallest absolute Gasteiger partial charge is 0.222 e. The second-order valence-electron chi connectivity index (χ2n) is 7.19. The second-order valence-corrected chi connectivity index (χ2v) is 9.42. The van der Waals surface area contributed by atoms with Crippen molar-refractivity contribution in [3.63, 3.8) is 0 Å². The molecule has 31 heavy (non-hydrogen) atoms. The molecule has 1 aliphatic rings. The zero-order valence-corrected chi connectivity index (χ0v) is 21.7. The Bertz CT molecular complexity index is 863. The van der Waals surface area contributed by atoms with E-state index in [1.54, 1.807) is 14.2 Å². The summed E-state index contributed by atoms with van der Waals surface area (Å²) in [6.45, 7) is 3.53. The quantitative estimate of drug-likeness (QED) is 0.264. The Balaban J connectivity index is 0.00000480. The highest BCUT2D eigenvalue weighted by Crippen LogP contribution is 2.25. The maximum atomic E-state index is 12.1. The maximum absolute atomic E-state index is 12.1. The number of benzene rings is 1. The van der Waals surface area contributed by atoms with Gasteiger partial charge in [-0.25, -0.2) is 8.42 Å². The first-order valence-corrected chi connectivity index (χ1v) is 11.8. The number of nitrogens with one attached hydrogen (secondary N) is 2. The fourth-order valence-electron chi connectivity index (χ4n) is 3.25. The number of hydrogen-bond donors (Lipinski definition) is 2. The van der Waals surface area contributed by atoms with Crippen LogP contribution in [0, 0.1) is 0 Å². The SMILES string of the molecule is CCNC(=NCCC(=O)NC1CCS(=O)(=O)C1)N(C)Cc1ccc(OC)cc1OC.I. The van der Waals surface area contributed by atoms with Crippen LogP contribution in [-0.4, -0.2) is 77.1 Å². The number of ether oxygens (including phenoxy) is 2. The molecule has 1 aromatic rings. The lowest BCUT2D eigenvalue weighted by atomic mass is 10.2. The van der Waals surface area contributed by atoms with Gasteiger partial charge < -0.3 is 25.0 Å². The molecule has 1 unspecified atom stereocenters. The highest BCUT2D eigenvalue weighted by molar-refractivity contribution is 14.0. The topological polar surface area (TPSA) is 109 Å². The standard InChI is InChI=1S/C20H32N4O5S.HI/c1-5-21-20(22-10-8-19(25)23-16-9-11-30(26,27)14-16)24(2)13-15-6-7-17(28-3)12-18(15)29-4;/h6-7,12,16H,5,8-11,13-14H2,1-4H3,(H,21,22)(H,23,25);1H. The van der Waals surface area contributed by atoms with Crippen LogP contribution in [0.25, 0.3) is 0 Å². The number of rotatable bonds is 9. The van der Waals surface area contributed by atoms with Gasteiger partial charge in [-0.3, -0.25) is 9.79 Å². The molecule has 1 saturated heterocycles. The number of sulfone groups is 1. The monoisotopic (exact) mass is 568 g/mol. The summed E-state index contributed by atoms with van der Waals surface area (Å²) >= 11 is 0. The number of halogens is 1. The number of hydrogen-bond acceptors (Lipinski definition) is 6. The van der Waals surface area contributed by atoms with Crippen LogP contribution in [0.4, 0.5) is 0 Å². The summed E-state index contributed by atoms with van der Waals surface area (Å²) in [7, 11) is 2.13. The van der Waals surface area contributed by atoms with Crippen molar-refractivity contribution in [3.8, 4) is 11.5 Å². The van der Waals surface area contributed by atoms with Gasteiger partial charge in [0.15, 0.2) is 15.8 Å². The van der Waals surface area contributed by atoms with Gasteiger partial charge in [-0.15, -0.1) is 24.0 Å². The lowest BCUT2D eigenvalue weighted by Gasteiger charge is -2.23. The van der Waals surface area contributed by atoms with E-state index in [4.69, 9.17) is 9.47 Å². The zero-order chi connectivity index (χ0) is 22.1. The summed E-state index contributed by atoms with van der Waals surface area (Å²) in [6, 6.07) is 5.37. The van der Waals surface area contributed by atoms with Crippen molar-refractivity contribution in [1.29, 1.82) is 0 Å². The number of carbonyl (C=O) groups is 1. The van der Waals surface area contributed by atoms with E-state index in [1.807, 2.05) is 37.1 Å². The van der Waals surface area contributed by atoms with Crippen LogP contribution in [0.1, 0.15) is 25.3 Å². The minimum atomic E-state index is -3.01. The molecular weight excluding hydrogens is 535 g/mol. The van der Waals surface area contributed by atoms with E-state index < -0.39 is 9.84 Å². The average Bonchev–Trinajstić information content (AvgIpc) is 3.05. The van der Waals surface area contributed by atoms with Crippen molar-refractivity contribution in [2.45, 2.75) is 32.4 Å². The Morgan fingerprint density at radius 1 is 1.29 bits per heavy atom. The van der Waals surface area contributed by atoms with Crippen LogP contribution >= 0.6 is 24.0 Å². The molecule has 2 rings (SSSR count). The number of nitrogens with zero attached hydrogens (tertiary/aromatic N) is 2. The van der Waals surface area contributed by atoms with E-state index in [-0.39, 0.29) is 53.9 Å². The number of aliphatic imine (C=N–C) groups is 1. The molecule has 0 bridgehead atoms. The number of carbonyl (C=O) groups excluding carboxylic acids is 1. The molecule has 11 heteroatoms. The summed E-state index contributed by atoms with van der Waals surface area (Å²) in [5, 5.41) is 6.01. The van der Waals surface area contributed by atoms with Crippen LogP contribution in [-0.2, 0) is 21.2 Å². The number of methoxy groups -OCH3 is 2. The van der Waals surface area contributed by atoms with Crippen LogP contribution in [0.15, 0.2) is 23.2 Å². The zero-order valence-electron chi connectivity index (χ0n) is 18.5. The highest BCUT2D eigenvalue weighted by Gasteiger charge is 2.28. The number of guanidine groups is 1. The first-order chi connectivity index (χ1) is 14.3. The van der Waals surface area contributed by atoms with E-state index in [2.05, 4.69) is 15.6 Å².